The molecule has 0 bridgehead atoms. The number of phosphoric ester groups is 1. The van der Waals surface area contributed by atoms with E-state index in [0.29, 0.717) is 12.8 Å². The zero-order valence-electron chi connectivity index (χ0n) is 39.5. The summed E-state index contributed by atoms with van der Waals surface area (Å²) in [6.45, 7) is 3.19. The Hall–Kier alpha value is -2.97. The minimum Gasteiger partial charge on any atom is -0.462 e. The first kappa shape index (κ1) is 60.0. The van der Waals surface area contributed by atoms with Crippen molar-refractivity contribution >= 4 is 19.8 Å². The van der Waals surface area contributed by atoms with E-state index < -0.39 is 75.7 Å². The summed E-state index contributed by atoms with van der Waals surface area (Å²) in [4.78, 5) is 35.8. The SMILES string of the molecule is CCCCC/C=C/C/C=C/C/C=C/C/C=C/CCCCCC(=O)OC[C@@H](COP(=O)(O)OC1C(O)C(O)C(O)[C@H](O)C1O)OC(=O)CCCCCC/C=C/C/C=C/C/C=C/CCCCC. The van der Waals surface area contributed by atoms with Crippen molar-refractivity contribution in [3.8, 4) is 0 Å². The molecule has 0 saturated heterocycles. The Labute approximate surface area is 390 Å². The fourth-order valence-corrected chi connectivity index (χ4v) is 7.72. The van der Waals surface area contributed by atoms with Crippen LogP contribution in [0.5, 0.6) is 0 Å². The molecular formula is C51H85O13P. The summed E-state index contributed by atoms with van der Waals surface area (Å²) in [6, 6.07) is 0. The molecule has 0 amide bonds. The van der Waals surface area contributed by atoms with Crippen molar-refractivity contribution in [2.45, 2.75) is 211 Å². The molecule has 13 nitrogen and oxygen atoms in total. The molecule has 0 aliphatic heterocycles. The number of esters is 2. The summed E-state index contributed by atoms with van der Waals surface area (Å²) in [5, 5.41) is 50.2. The molecule has 8 atom stereocenters. The molecule has 1 rings (SSSR count). The largest absolute Gasteiger partial charge is 0.472 e. The Bertz CT molecular complexity index is 1460. The monoisotopic (exact) mass is 937 g/mol. The highest BCUT2D eigenvalue weighted by Crippen LogP contribution is 2.47. The molecule has 0 aromatic rings. The second-order valence-electron chi connectivity index (χ2n) is 16.6. The van der Waals surface area contributed by atoms with Crippen LogP contribution < -0.4 is 0 Å². The Morgan fingerprint density at radius 2 is 0.831 bits per heavy atom. The van der Waals surface area contributed by atoms with Gasteiger partial charge in [0.25, 0.3) is 0 Å². The molecule has 0 aromatic heterocycles. The highest BCUT2D eigenvalue weighted by atomic mass is 31.2. The predicted octanol–water partition coefficient (Wildman–Crippen LogP) is 10.1. The quantitative estimate of drug-likeness (QED) is 0.0147. The van der Waals surface area contributed by atoms with Crippen LogP contribution in [-0.2, 0) is 32.7 Å². The number of ether oxygens (including phenoxy) is 2. The van der Waals surface area contributed by atoms with E-state index in [4.69, 9.17) is 18.5 Å². The number of hydrogen-bond acceptors (Lipinski definition) is 12. The van der Waals surface area contributed by atoms with Crippen molar-refractivity contribution in [2.75, 3.05) is 13.2 Å². The number of allylic oxidation sites excluding steroid dienone is 14. The Morgan fingerprint density at radius 3 is 1.26 bits per heavy atom. The summed E-state index contributed by atoms with van der Waals surface area (Å²) in [7, 11) is -5.14. The fraction of sp³-hybridized carbons (Fsp3) is 0.686. The van der Waals surface area contributed by atoms with Crippen LogP contribution in [0.3, 0.4) is 0 Å². The number of phosphoric acid groups is 1. The number of carbonyl (C=O) groups is 2. The van der Waals surface area contributed by atoms with Gasteiger partial charge in [0.2, 0.25) is 0 Å². The van der Waals surface area contributed by atoms with Gasteiger partial charge >= 0.3 is 19.8 Å². The van der Waals surface area contributed by atoms with Crippen molar-refractivity contribution in [1.29, 1.82) is 0 Å². The smallest absolute Gasteiger partial charge is 0.462 e. The molecule has 14 heteroatoms. The van der Waals surface area contributed by atoms with Crippen LogP contribution in [-0.4, -0.2) is 98.3 Å². The third-order valence-electron chi connectivity index (χ3n) is 10.7. The molecule has 0 spiro atoms. The van der Waals surface area contributed by atoms with Gasteiger partial charge in [0.05, 0.1) is 6.61 Å². The van der Waals surface area contributed by atoms with Gasteiger partial charge in [0, 0.05) is 12.8 Å². The van der Waals surface area contributed by atoms with Gasteiger partial charge in [-0.3, -0.25) is 18.6 Å². The number of aliphatic hydroxyl groups excluding tert-OH is 5. The van der Waals surface area contributed by atoms with E-state index >= 15 is 0 Å². The number of rotatable bonds is 39. The molecule has 0 aromatic carbocycles. The first-order valence-electron chi connectivity index (χ1n) is 24.4. The van der Waals surface area contributed by atoms with Gasteiger partial charge in [-0.15, -0.1) is 0 Å². The third-order valence-corrected chi connectivity index (χ3v) is 11.7. The molecule has 65 heavy (non-hydrogen) atoms. The molecule has 372 valence electrons. The van der Waals surface area contributed by atoms with E-state index in [1.165, 1.54) is 38.5 Å². The Kier molecular flexibility index (Phi) is 37.1. The first-order valence-corrected chi connectivity index (χ1v) is 25.9. The summed E-state index contributed by atoms with van der Waals surface area (Å²) < 4.78 is 33.5. The summed E-state index contributed by atoms with van der Waals surface area (Å²) >= 11 is 0. The molecule has 0 heterocycles. The molecule has 1 aliphatic rings. The first-order chi connectivity index (χ1) is 31.4. The topological polar surface area (TPSA) is 210 Å². The van der Waals surface area contributed by atoms with Gasteiger partial charge < -0.3 is 39.9 Å². The zero-order chi connectivity index (χ0) is 47.8. The van der Waals surface area contributed by atoms with Crippen molar-refractivity contribution in [2.24, 2.45) is 0 Å². The van der Waals surface area contributed by atoms with Crippen LogP contribution in [0.25, 0.3) is 0 Å². The average molecular weight is 937 g/mol. The standard InChI is InChI=1S/C51H85O13P/c1-3-5-7-9-11-13-15-17-19-21-22-24-25-27-29-31-33-35-37-39-44(52)61-41-43(42-62-65(59,60)64-51-49(57)47(55)46(54)48(56)50(51)58)63-45(53)40-38-36-34-32-30-28-26-23-20-18-16-14-12-10-8-6-4-2/h11-14,17-20,22,24,26-29,43,46-51,54-58H,3-10,15-16,21,23,25,30-42H2,1-2H3,(H,59,60)/b13-11+,14-12+,19-17+,20-18+,24-22+,28-26+,29-27+/t43-,46?,47-,48?,49?,50?,51?/m0/s1. The Balaban J connectivity index is 2.49. The van der Waals surface area contributed by atoms with E-state index in [9.17, 15) is 44.6 Å². The van der Waals surface area contributed by atoms with Crippen LogP contribution >= 0.6 is 7.82 Å². The lowest BCUT2D eigenvalue weighted by atomic mass is 9.85. The molecule has 1 saturated carbocycles. The molecule has 1 aliphatic carbocycles. The van der Waals surface area contributed by atoms with Crippen LogP contribution in [0, 0.1) is 0 Å². The van der Waals surface area contributed by atoms with Crippen molar-refractivity contribution in [3.05, 3.63) is 85.1 Å². The van der Waals surface area contributed by atoms with E-state index in [1.54, 1.807) is 0 Å². The van der Waals surface area contributed by atoms with Gasteiger partial charge in [-0.1, -0.05) is 144 Å². The van der Waals surface area contributed by atoms with Gasteiger partial charge in [-0.05, 0) is 96.3 Å². The van der Waals surface area contributed by atoms with Crippen molar-refractivity contribution in [1.82, 2.24) is 0 Å². The normalized spacial score (nSPS) is 22.2. The molecule has 1 fully saturated rings. The van der Waals surface area contributed by atoms with E-state index in [-0.39, 0.29) is 12.8 Å². The lowest BCUT2D eigenvalue weighted by molar-refractivity contribution is -0.220. The van der Waals surface area contributed by atoms with Gasteiger partial charge in [-0.25, -0.2) is 4.57 Å². The summed E-state index contributed by atoms with van der Waals surface area (Å²) in [5.41, 5.74) is 0. The minimum atomic E-state index is -5.14. The average Bonchev–Trinajstić information content (AvgIpc) is 3.29. The van der Waals surface area contributed by atoms with Crippen molar-refractivity contribution in [3.63, 3.8) is 0 Å². The minimum absolute atomic E-state index is 0.0589. The van der Waals surface area contributed by atoms with Crippen molar-refractivity contribution < 1.29 is 63.1 Å². The second-order valence-corrected chi connectivity index (χ2v) is 18.0. The number of hydrogen-bond donors (Lipinski definition) is 6. The third kappa shape index (κ3) is 32.4. The zero-order valence-corrected chi connectivity index (χ0v) is 40.4. The fourth-order valence-electron chi connectivity index (χ4n) is 6.75. The maximum absolute atomic E-state index is 12.8. The van der Waals surface area contributed by atoms with Crippen LogP contribution in [0.1, 0.15) is 168 Å². The van der Waals surface area contributed by atoms with E-state index in [1.807, 2.05) is 0 Å². The highest BCUT2D eigenvalue weighted by Gasteiger charge is 2.51. The number of unbranched alkanes of at least 4 members (excludes halogenated alkanes) is 13. The number of aliphatic hydroxyl groups is 5. The Morgan fingerprint density at radius 1 is 0.477 bits per heavy atom. The number of carbonyl (C=O) groups excluding carboxylic acids is 2. The van der Waals surface area contributed by atoms with Crippen LogP contribution in [0.4, 0.5) is 0 Å². The lowest BCUT2D eigenvalue weighted by Gasteiger charge is -2.41. The van der Waals surface area contributed by atoms with Crippen LogP contribution in [0.15, 0.2) is 85.1 Å². The van der Waals surface area contributed by atoms with Gasteiger partial charge in [-0.2, -0.15) is 0 Å². The van der Waals surface area contributed by atoms with Gasteiger partial charge in [0.15, 0.2) is 6.10 Å². The molecular weight excluding hydrogens is 852 g/mol. The highest BCUT2D eigenvalue weighted by molar-refractivity contribution is 7.47. The van der Waals surface area contributed by atoms with Crippen LogP contribution in [0.2, 0.25) is 0 Å². The van der Waals surface area contributed by atoms with Gasteiger partial charge in [0.1, 0.15) is 43.2 Å². The summed E-state index contributed by atoms with van der Waals surface area (Å²) in [5.74, 6) is -1.17. The van der Waals surface area contributed by atoms with E-state index in [0.717, 1.165) is 89.9 Å². The second kappa shape index (κ2) is 40.1. The maximum Gasteiger partial charge on any atom is 0.472 e. The molecule has 6 N–H and O–H groups in total. The molecule has 0 radical (unpaired) electrons. The summed E-state index contributed by atoms with van der Waals surface area (Å²) in [6.07, 6.45) is 39.1. The van der Waals surface area contributed by atoms with E-state index in [2.05, 4.69) is 98.9 Å². The predicted molar refractivity (Wildman–Crippen MR) is 258 cm³/mol. The maximum atomic E-state index is 12.8. The molecule has 6 unspecified atom stereocenters. The lowest BCUT2D eigenvalue weighted by Crippen LogP contribution is -2.64.